The van der Waals surface area contributed by atoms with E-state index in [9.17, 15) is 19.5 Å². The number of rotatable bonds is 3. The molecule has 3 atom stereocenters. The Morgan fingerprint density at radius 1 is 1.57 bits per heavy atom. The number of H-pyrrole nitrogens is 1. The Morgan fingerprint density at radius 3 is 2.95 bits per heavy atom. The van der Waals surface area contributed by atoms with Crippen molar-refractivity contribution >= 4 is 6.03 Å². The number of nitrogens with one attached hydrogen (secondary N) is 3. The van der Waals surface area contributed by atoms with Crippen LogP contribution in [0.4, 0.5) is 4.79 Å². The van der Waals surface area contributed by atoms with Gasteiger partial charge >= 0.3 is 11.7 Å². The lowest BCUT2D eigenvalue weighted by molar-refractivity contribution is -0.0184. The van der Waals surface area contributed by atoms with E-state index in [0.717, 1.165) is 0 Å². The number of hydrogen-bond acceptors (Lipinski definition) is 6. The van der Waals surface area contributed by atoms with Crippen LogP contribution in [0.3, 0.4) is 0 Å². The standard InChI is InChI=1S/C11H16N4O6/c1-5-4-15(11(19)13-9(5)17)8-2-6(16)7(21-8)3-12-10(18)14-20/h4,6-8,16,20H,2-3H2,1H3,(H2,12,14,18)(H,13,17,19). The maximum absolute atomic E-state index is 11.7. The van der Waals surface area contributed by atoms with Gasteiger partial charge in [0, 0.05) is 24.7 Å². The molecule has 5 N–H and O–H groups in total. The van der Waals surface area contributed by atoms with Crippen molar-refractivity contribution in [1.82, 2.24) is 20.3 Å². The highest BCUT2D eigenvalue weighted by Gasteiger charge is 2.35. The number of aliphatic hydroxyl groups is 1. The largest absolute Gasteiger partial charge is 0.390 e. The fraction of sp³-hybridized carbons (Fsp3) is 0.545. The molecule has 10 nitrogen and oxygen atoms in total. The number of aromatic nitrogens is 2. The second-order valence-corrected chi connectivity index (χ2v) is 4.73. The maximum Gasteiger partial charge on any atom is 0.338 e. The molecule has 1 aromatic rings. The molecule has 21 heavy (non-hydrogen) atoms. The number of hydroxylamine groups is 1. The molecule has 1 fully saturated rings. The lowest BCUT2D eigenvalue weighted by Crippen LogP contribution is -2.41. The lowest BCUT2D eigenvalue weighted by Gasteiger charge is -2.16. The van der Waals surface area contributed by atoms with E-state index in [0.29, 0.717) is 5.56 Å². The van der Waals surface area contributed by atoms with Gasteiger partial charge in [-0.2, -0.15) is 0 Å². The molecule has 2 rings (SSSR count). The molecule has 0 saturated carbocycles. The lowest BCUT2D eigenvalue weighted by atomic mass is 10.2. The van der Waals surface area contributed by atoms with Crippen LogP contribution < -0.4 is 22.0 Å². The highest BCUT2D eigenvalue weighted by atomic mass is 16.5. The van der Waals surface area contributed by atoms with Crippen molar-refractivity contribution in [3.63, 3.8) is 0 Å². The van der Waals surface area contributed by atoms with Crippen LogP contribution in [-0.4, -0.2) is 44.6 Å². The van der Waals surface area contributed by atoms with E-state index in [4.69, 9.17) is 9.94 Å². The fourth-order valence-corrected chi connectivity index (χ4v) is 2.10. The van der Waals surface area contributed by atoms with E-state index in [-0.39, 0.29) is 13.0 Å². The van der Waals surface area contributed by atoms with Crippen LogP contribution in [0.15, 0.2) is 15.8 Å². The Labute approximate surface area is 118 Å². The topological polar surface area (TPSA) is 146 Å². The van der Waals surface area contributed by atoms with Crippen LogP contribution in [-0.2, 0) is 4.74 Å². The Kier molecular flexibility index (Phi) is 4.40. The van der Waals surface area contributed by atoms with Crippen molar-refractivity contribution in [3.05, 3.63) is 32.6 Å². The number of carbonyl (C=O) groups is 1. The van der Waals surface area contributed by atoms with Crippen LogP contribution in [0.5, 0.6) is 0 Å². The van der Waals surface area contributed by atoms with Gasteiger partial charge in [0.05, 0.1) is 6.10 Å². The molecule has 1 aliphatic heterocycles. The Morgan fingerprint density at radius 2 is 2.29 bits per heavy atom. The molecule has 1 aromatic heterocycles. The third kappa shape index (κ3) is 3.29. The fourth-order valence-electron chi connectivity index (χ4n) is 2.10. The van der Waals surface area contributed by atoms with Gasteiger partial charge in [-0.25, -0.2) is 15.1 Å². The predicted molar refractivity (Wildman–Crippen MR) is 68.9 cm³/mol. The number of aryl methyl sites for hydroxylation is 1. The first-order chi connectivity index (χ1) is 9.92. The van der Waals surface area contributed by atoms with Crippen LogP contribution in [0, 0.1) is 6.92 Å². The van der Waals surface area contributed by atoms with E-state index in [1.807, 2.05) is 0 Å². The van der Waals surface area contributed by atoms with Gasteiger partial charge in [-0.05, 0) is 6.92 Å². The van der Waals surface area contributed by atoms with Gasteiger partial charge in [-0.15, -0.1) is 0 Å². The van der Waals surface area contributed by atoms with E-state index in [1.54, 1.807) is 6.92 Å². The molecule has 3 unspecified atom stereocenters. The van der Waals surface area contributed by atoms with Crippen molar-refractivity contribution in [2.24, 2.45) is 0 Å². The van der Waals surface area contributed by atoms with Crippen molar-refractivity contribution in [1.29, 1.82) is 0 Å². The minimum Gasteiger partial charge on any atom is -0.390 e. The zero-order valence-electron chi connectivity index (χ0n) is 11.2. The van der Waals surface area contributed by atoms with E-state index < -0.39 is 35.7 Å². The summed E-state index contributed by atoms with van der Waals surface area (Å²) in [5.41, 5.74) is 0.615. The van der Waals surface area contributed by atoms with Crippen molar-refractivity contribution in [2.75, 3.05) is 6.54 Å². The number of urea groups is 1. The molecule has 116 valence electrons. The highest BCUT2D eigenvalue weighted by Crippen LogP contribution is 2.27. The second-order valence-electron chi connectivity index (χ2n) is 4.73. The Bertz CT molecular complexity index is 638. The summed E-state index contributed by atoms with van der Waals surface area (Å²) in [5.74, 6) is 0. The van der Waals surface area contributed by atoms with Gasteiger partial charge in [-0.3, -0.25) is 19.6 Å². The van der Waals surface area contributed by atoms with Gasteiger partial charge < -0.3 is 15.2 Å². The van der Waals surface area contributed by atoms with Gasteiger partial charge in [0.2, 0.25) is 0 Å². The number of carbonyl (C=O) groups excluding carboxylic acids is 1. The number of ether oxygens (including phenoxy) is 1. The maximum atomic E-state index is 11.7. The van der Waals surface area contributed by atoms with Crippen LogP contribution in [0.1, 0.15) is 18.2 Å². The quantitative estimate of drug-likeness (QED) is 0.328. The highest BCUT2D eigenvalue weighted by molar-refractivity contribution is 5.72. The Balaban J connectivity index is 2.10. The Hall–Kier alpha value is -2.17. The molecule has 2 heterocycles. The normalized spacial score (nSPS) is 24.8. The van der Waals surface area contributed by atoms with Crippen molar-refractivity contribution in [2.45, 2.75) is 31.8 Å². The summed E-state index contributed by atoms with van der Waals surface area (Å²) in [6.45, 7) is 1.51. The molecule has 2 amide bonds. The summed E-state index contributed by atoms with van der Waals surface area (Å²) in [6.07, 6.45) is -0.876. The molecule has 10 heteroatoms. The van der Waals surface area contributed by atoms with E-state index >= 15 is 0 Å². The number of aliphatic hydroxyl groups excluding tert-OH is 1. The van der Waals surface area contributed by atoms with Crippen LogP contribution >= 0.6 is 0 Å². The van der Waals surface area contributed by atoms with Crippen molar-refractivity contribution < 1.29 is 19.8 Å². The number of hydrogen-bond donors (Lipinski definition) is 5. The molecule has 0 spiro atoms. The summed E-state index contributed by atoms with van der Waals surface area (Å²) < 4.78 is 6.68. The zero-order chi connectivity index (χ0) is 15.6. The summed E-state index contributed by atoms with van der Waals surface area (Å²) in [4.78, 5) is 36.1. The SMILES string of the molecule is Cc1cn(C2CC(O)C(CNC(=O)NO)O2)c(=O)[nH]c1=O. The average Bonchev–Trinajstić information content (AvgIpc) is 2.81. The first kappa shape index (κ1) is 15.2. The predicted octanol–water partition coefficient (Wildman–Crippen LogP) is -1.82. The first-order valence-corrected chi connectivity index (χ1v) is 6.26. The van der Waals surface area contributed by atoms with Gasteiger partial charge in [0.25, 0.3) is 5.56 Å². The molecule has 1 saturated heterocycles. The van der Waals surface area contributed by atoms with Gasteiger partial charge in [0.15, 0.2) is 0 Å². The average molecular weight is 300 g/mol. The summed E-state index contributed by atoms with van der Waals surface area (Å²) in [6, 6.07) is -0.827. The van der Waals surface area contributed by atoms with Crippen molar-refractivity contribution in [3.8, 4) is 0 Å². The zero-order valence-corrected chi connectivity index (χ0v) is 11.2. The number of aromatic amines is 1. The molecule has 0 bridgehead atoms. The number of nitrogens with zero attached hydrogens (tertiary/aromatic N) is 1. The second kappa shape index (κ2) is 6.08. The van der Waals surface area contributed by atoms with E-state index in [1.165, 1.54) is 16.2 Å². The summed E-state index contributed by atoms with van der Waals surface area (Å²) in [7, 11) is 0. The molecule has 0 aliphatic carbocycles. The number of amides is 2. The third-order valence-electron chi connectivity index (χ3n) is 3.23. The summed E-state index contributed by atoms with van der Waals surface area (Å²) in [5, 5.41) is 20.5. The minimum absolute atomic E-state index is 0.0405. The third-order valence-corrected chi connectivity index (χ3v) is 3.23. The van der Waals surface area contributed by atoms with Gasteiger partial charge in [-0.1, -0.05) is 0 Å². The van der Waals surface area contributed by atoms with E-state index in [2.05, 4.69) is 10.3 Å². The van der Waals surface area contributed by atoms with Crippen LogP contribution in [0.2, 0.25) is 0 Å². The van der Waals surface area contributed by atoms with Crippen LogP contribution in [0.25, 0.3) is 0 Å². The molecule has 0 aromatic carbocycles. The molecular weight excluding hydrogens is 284 g/mol. The van der Waals surface area contributed by atoms with Gasteiger partial charge in [0.1, 0.15) is 12.3 Å². The summed E-state index contributed by atoms with van der Waals surface area (Å²) >= 11 is 0. The monoisotopic (exact) mass is 300 g/mol. The molecular formula is C11H16N4O6. The molecule has 1 aliphatic rings. The smallest absolute Gasteiger partial charge is 0.338 e. The minimum atomic E-state index is -0.895. The molecule has 0 radical (unpaired) electrons. The first-order valence-electron chi connectivity index (χ1n) is 6.26.